The summed E-state index contributed by atoms with van der Waals surface area (Å²) in [4.78, 5) is 0. The van der Waals surface area contributed by atoms with Gasteiger partial charge in [0, 0.05) is 11.0 Å². The lowest BCUT2D eigenvalue weighted by atomic mass is 9.57. The van der Waals surface area contributed by atoms with Crippen molar-refractivity contribution in [3.8, 4) is 0 Å². The molecule has 3 fully saturated rings. The Kier molecular flexibility index (Phi) is 1.72. The van der Waals surface area contributed by atoms with Gasteiger partial charge in [-0.2, -0.15) is 0 Å². The summed E-state index contributed by atoms with van der Waals surface area (Å²) in [7, 11) is 0. The third-order valence-corrected chi connectivity index (χ3v) is 3.91. The van der Waals surface area contributed by atoms with Crippen LogP contribution in [-0.4, -0.2) is 22.0 Å². The Labute approximate surface area is 72.6 Å². The van der Waals surface area contributed by atoms with E-state index in [-0.39, 0.29) is 11.0 Å². The van der Waals surface area contributed by atoms with E-state index in [1.54, 1.807) is 0 Å². The van der Waals surface area contributed by atoms with E-state index in [4.69, 9.17) is 5.73 Å². The van der Waals surface area contributed by atoms with Gasteiger partial charge in [0.15, 0.2) is 6.29 Å². The molecule has 0 spiro atoms. The van der Waals surface area contributed by atoms with E-state index in [1.807, 2.05) is 0 Å². The van der Waals surface area contributed by atoms with Crippen LogP contribution < -0.4 is 5.73 Å². The maximum absolute atomic E-state index is 9.25. The Morgan fingerprint density at radius 2 is 1.33 bits per heavy atom. The molecule has 3 heteroatoms. The van der Waals surface area contributed by atoms with Crippen molar-refractivity contribution >= 4 is 0 Å². The van der Waals surface area contributed by atoms with Crippen molar-refractivity contribution in [3.63, 3.8) is 0 Å². The Morgan fingerprint density at radius 1 is 0.917 bits per heavy atom. The van der Waals surface area contributed by atoms with Crippen LogP contribution in [0, 0.1) is 5.41 Å². The zero-order chi connectivity index (χ0) is 8.82. The zero-order valence-electron chi connectivity index (χ0n) is 7.29. The van der Waals surface area contributed by atoms with E-state index in [9.17, 15) is 10.2 Å². The lowest BCUT2D eigenvalue weighted by molar-refractivity contribution is -0.173. The van der Waals surface area contributed by atoms with Crippen molar-refractivity contribution in [3.05, 3.63) is 0 Å². The number of aliphatic hydroxyl groups excluding tert-OH is 1. The molecule has 4 N–H and O–H groups in total. The third kappa shape index (κ3) is 1.08. The van der Waals surface area contributed by atoms with Gasteiger partial charge in [0.25, 0.3) is 0 Å². The first kappa shape index (κ1) is 8.48. The van der Waals surface area contributed by atoms with Crippen molar-refractivity contribution < 1.29 is 10.2 Å². The van der Waals surface area contributed by atoms with Crippen molar-refractivity contribution in [2.24, 2.45) is 11.1 Å². The number of hydrogen-bond acceptors (Lipinski definition) is 3. The molecule has 2 bridgehead atoms. The van der Waals surface area contributed by atoms with Crippen LogP contribution in [0.2, 0.25) is 0 Å². The SMILES string of the molecule is NC12CCC(C(O)O)(CC1)CC2. The predicted octanol–water partition coefficient (Wildman–Crippen LogP) is 0.349. The minimum absolute atomic E-state index is 0.0244. The molecule has 0 radical (unpaired) electrons. The second kappa shape index (κ2) is 2.44. The van der Waals surface area contributed by atoms with E-state index in [0.29, 0.717) is 0 Å². The second-order valence-corrected chi connectivity index (χ2v) is 4.60. The fraction of sp³-hybridized carbons (Fsp3) is 1.00. The first-order valence-electron chi connectivity index (χ1n) is 4.72. The molecule has 0 atom stereocenters. The number of nitrogens with two attached hydrogens (primary N) is 1. The molecule has 3 nitrogen and oxygen atoms in total. The standard InChI is InChI=1S/C9H17NO2/c10-9-4-1-8(2-5-9,3-6-9)7(11)12/h7,11-12H,1-6,10H2. The lowest BCUT2D eigenvalue weighted by Gasteiger charge is -2.52. The molecule has 3 aliphatic rings. The van der Waals surface area contributed by atoms with Crippen LogP contribution in [0.25, 0.3) is 0 Å². The van der Waals surface area contributed by atoms with E-state index in [0.717, 1.165) is 38.5 Å². The number of fused-ring (bicyclic) bond motifs is 3. The third-order valence-electron chi connectivity index (χ3n) is 3.91. The maximum atomic E-state index is 9.25. The molecule has 0 amide bonds. The van der Waals surface area contributed by atoms with Crippen LogP contribution in [-0.2, 0) is 0 Å². The van der Waals surface area contributed by atoms with Gasteiger partial charge in [-0.25, -0.2) is 0 Å². The van der Waals surface area contributed by atoms with Crippen LogP contribution in [0.4, 0.5) is 0 Å². The van der Waals surface area contributed by atoms with Crippen molar-refractivity contribution in [1.29, 1.82) is 0 Å². The molecule has 0 aliphatic heterocycles. The van der Waals surface area contributed by atoms with Crippen LogP contribution in [0.5, 0.6) is 0 Å². The van der Waals surface area contributed by atoms with Gasteiger partial charge >= 0.3 is 0 Å². The molecule has 0 aromatic rings. The average Bonchev–Trinajstić information content (AvgIpc) is 2.06. The summed E-state index contributed by atoms with van der Waals surface area (Å²) in [6, 6.07) is 0. The zero-order valence-corrected chi connectivity index (χ0v) is 7.29. The van der Waals surface area contributed by atoms with Gasteiger partial charge in [0.05, 0.1) is 0 Å². The highest BCUT2D eigenvalue weighted by Crippen LogP contribution is 2.52. The molecule has 12 heavy (non-hydrogen) atoms. The largest absolute Gasteiger partial charge is 0.368 e. The predicted molar refractivity (Wildman–Crippen MR) is 45.3 cm³/mol. The monoisotopic (exact) mass is 171 g/mol. The first-order valence-corrected chi connectivity index (χ1v) is 4.72. The Hall–Kier alpha value is -0.120. The summed E-state index contributed by atoms with van der Waals surface area (Å²) in [5.74, 6) is 0. The maximum Gasteiger partial charge on any atom is 0.157 e. The molecule has 70 valence electrons. The molecule has 3 aliphatic carbocycles. The molecular weight excluding hydrogens is 154 g/mol. The molecule has 0 heterocycles. The van der Waals surface area contributed by atoms with Gasteiger partial charge in [-0.05, 0) is 38.5 Å². The number of hydrogen-bond donors (Lipinski definition) is 3. The van der Waals surface area contributed by atoms with Crippen molar-refractivity contribution in [2.75, 3.05) is 0 Å². The fourth-order valence-electron chi connectivity index (χ4n) is 2.63. The summed E-state index contributed by atoms with van der Waals surface area (Å²) >= 11 is 0. The van der Waals surface area contributed by atoms with E-state index >= 15 is 0 Å². The highest BCUT2D eigenvalue weighted by Gasteiger charge is 2.49. The summed E-state index contributed by atoms with van der Waals surface area (Å²) in [5.41, 5.74) is 5.91. The van der Waals surface area contributed by atoms with Crippen LogP contribution in [0.3, 0.4) is 0 Å². The number of rotatable bonds is 1. The van der Waals surface area contributed by atoms with Gasteiger partial charge in [-0.15, -0.1) is 0 Å². The first-order chi connectivity index (χ1) is 5.56. The average molecular weight is 171 g/mol. The topological polar surface area (TPSA) is 66.5 Å². The highest BCUT2D eigenvalue weighted by molar-refractivity contribution is 5.03. The minimum atomic E-state index is -1.14. The molecule has 0 aromatic carbocycles. The van der Waals surface area contributed by atoms with Gasteiger partial charge in [0.1, 0.15) is 0 Å². The van der Waals surface area contributed by atoms with Gasteiger partial charge in [-0.3, -0.25) is 0 Å². The lowest BCUT2D eigenvalue weighted by Crippen LogP contribution is -2.55. The smallest absolute Gasteiger partial charge is 0.157 e. The summed E-state index contributed by atoms with van der Waals surface area (Å²) in [6.07, 6.45) is 4.42. The molecule has 0 saturated heterocycles. The molecule has 3 saturated carbocycles. The van der Waals surface area contributed by atoms with Crippen LogP contribution >= 0.6 is 0 Å². The van der Waals surface area contributed by atoms with E-state index < -0.39 is 6.29 Å². The highest BCUT2D eigenvalue weighted by atomic mass is 16.5. The Morgan fingerprint density at radius 3 is 1.67 bits per heavy atom. The second-order valence-electron chi connectivity index (χ2n) is 4.60. The van der Waals surface area contributed by atoms with E-state index in [2.05, 4.69) is 0 Å². The van der Waals surface area contributed by atoms with Gasteiger partial charge in [0.2, 0.25) is 0 Å². The van der Waals surface area contributed by atoms with Gasteiger partial charge in [-0.1, -0.05) is 0 Å². The summed E-state index contributed by atoms with van der Waals surface area (Å²) in [5, 5.41) is 18.5. The minimum Gasteiger partial charge on any atom is -0.368 e. The molecule has 0 unspecified atom stereocenters. The Bertz CT molecular complexity index is 166. The quantitative estimate of drug-likeness (QED) is 0.499. The molecule has 0 aromatic heterocycles. The molecular formula is C9H17NO2. The summed E-state index contributed by atoms with van der Waals surface area (Å²) in [6.45, 7) is 0. The van der Waals surface area contributed by atoms with Crippen LogP contribution in [0.15, 0.2) is 0 Å². The fourth-order valence-corrected chi connectivity index (χ4v) is 2.63. The van der Waals surface area contributed by atoms with E-state index in [1.165, 1.54) is 0 Å². The van der Waals surface area contributed by atoms with Gasteiger partial charge < -0.3 is 15.9 Å². The normalized spacial score (nSPS) is 47.0. The molecule has 3 rings (SSSR count). The van der Waals surface area contributed by atoms with Crippen LogP contribution in [0.1, 0.15) is 38.5 Å². The Balaban J connectivity index is 2.14. The summed E-state index contributed by atoms with van der Waals surface area (Å²) < 4.78 is 0. The van der Waals surface area contributed by atoms with Crippen molar-refractivity contribution in [1.82, 2.24) is 0 Å². The number of aliphatic hydroxyl groups is 2. The van der Waals surface area contributed by atoms with Crippen molar-refractivity contribution in [2.45, 2.75) is 50.4 Å².